The van der Waals surface area contributed by atoms with Crippen LogP contribution in [0.25, 0.3) is 11.0 Å². The molecule has 1 fully saturated rings. The molecule has 1 atom stereocenters. The van der Waals surface area contributed by atoms with Crippen molar-refractivity contribution in [2.45, 2.75) is 92.9 Å². The van der Waals surface area contributed by atoms with Crippen LogP contribution in [0.2, 0.25) is 0 Å². The van der Waals surface area contributed by atoms with Crippen LogP contribution in [0, 0.1) is 17.3 Å². The first-order valence-corrected chi connectivity index (χ1v) is 18.2. The average Bonchev–Trinajstić information content (AvgIpc) is 3.10. The number of carbonyl (C=O) groups excluding carboxylic acids is 2. The van der Waals surface area contributed by atoms with E-state index in [1.54, 1.807) is 30.3 Å². The molecule has 1 heterocycles. The molecule has 0 spiro atoms. The largest absolute Gasteiger partial charge is 0.453 e. The number of allylic oxidation sites excluding steroid dienone is 5. The second-order valence-electron chi connectivity index (χ2n) is 12.4. The van der Waals surface area contributed by atoms with Gasteiger partial charge in [-0.15, -0.1) is 0 Å². The number of hydrogen-bond acceptors (Lipinski definition) is 6. The number of nitrogens with zero attached hydrogens (tertiary/aromatic N) is 1. The van der Waals surface area contributed by atoms with Gasteiger partial charge in [-0.25, -0.2) is 0 Å². The number of nitrogens with one attached hydrogen (secondary N) is 2. The molecule has 48 heavy (non-hydrogen) atoms. The van der Waals surface area contributed by atoms with Crippen LogP contribution in [0.15, 0.2) is 75.5 Å². The predicted molar refractivity (Wildman–Crippen MR) is 206 cm³/mol. The minimum absolute atomic E-state index is 0.0590. The van der Waals surface area contributed by atoms with Gasteiger partial charge < -0.3 is 20.0 Å². The minimum Gasteiger partial charge on any atom is -0.453 e. The summed E-state index contributed by atoms with van der Waals surface area (Å²) in [5, 5.41) is 7.54. The topological polar surface area (TPSA) is 91.7 Å². The maximum absolute atomic E-state index is 13.2. The molecule has 1 aliphatic rings. The molecule has 1 aromatic carbocycles. The van der Waals surface area contributed by atoms with Gasteiger partial charge in [-0.2, -0.15) is 0 Å². The maximum Gasteiger partial charge on any atom is 0.226 e. The Labute approximate surface area is 296 Å². The van der Waals surface area contributed by atoms with E-state index in [0.717, 1.165) is 45.4 Å². The SMILES string of the molecule is C=C(Cl)/C=C\C=C/C.CC.CCC(CCN(C)CCCNC)(C(=O)NCC(C)C)C1CCCCC1.O=Cc1cc(=O)c2ccccc2o1. The molecule has 3 rings (SSSR count). The van der Waals surface area contributed by atoms with E-state index in [1.165, 1.54) is 38.2 Å². The van der Waals surface area contributed by atoms with E-state index in [1.807, 2.05) is 46.0 Å². The number of amides is 1. The van der Waals surface area contributed by atoms with Crippen LogP contribution >= 0.6 is 11.6 Å². The smallest absolute Gasteiger partial charge is 0.226 e. The molecule has 0 bridgehead atoms. The molecule has 2 aromatic rings. The highest BCUT2D eigenvalue weighted by Crippen LogP contribution is 2.44. The van der Waals surface area contributed by atoms with Crippen molar-refractivity contribution in [2.24, 2.45) is 17.3 Å². The zero-order valence-electron chi connectivity index (χ0n) is 31.1. The fourth-order valence-corrected chi connectivity index (χ4v) is 5.81. The van der Waals surface area contributed by atoms with Gasteiger partial charge in [-0.1, -0.05) is 102 Å². The molecule has 1 aromatic heterocycles. The molecule has 1 aliphatic carbocycles. The highest BCUT2D eigenvalue weighted by atomic mass is 35.5. The number of halogens is 1. The van der Waals surface area contributed by atoms with Crippen molar-refractivity contribution in [3.63, 3.8) is 0 Å². The van der Waals surface area contributed by atoms with E-state index in [9.17, 15) is 14.4 Å². The van der Waals surface area contributed by atoms with E-state index in [2.05, 4.69) is 49.9 Å². The fraction of sp³-hybridized carbons (Fsp3) is 0.575. The first-order chi connectivity index (χ1) is 23.0. The summed E-state index contributed by atoms with van der Waals surface area (Å²) < 4.78 is 5.12. The zero-order chi connectivity index (χ0) is 36.4. The molecule has 0 radical (unpaired) electrons. The Kier molecular flexibility index (Phi) is 25.2. The number of fused-ring (bicyclic) bond motifs is 1. The molecule has 0 aliphatic heterocycles. The maximum atomic E-state index is 13.2. The van der Waals surface area contributed by atoms with Crippen molar-refractivity contribution in [2.75, 3.05) is 40.3 Å². The quantitative estimate of drug-likeness (QED) is 0.110. The normalized spacial score (nSPS) is 14.4. The molecule has 1 amide bonds. The summed E-state index contributed by atoms with van der Waals surface area (Å²) in [6, 6.07) is 8.01. The van der Waals surface area contributed by atoms with Crippen molar-refractivity contribution in [3.8, 4) is 0 Å². The van der Waals surface area contributed by atoms with E-state index >= 15 is 0 Å². The first-order valence-electron chi connectivity index (χ1n) is 17.8. The summed E-state index contributed by atoms with van der Waals surface area (Å²) in [7, 11) is 4.20. The molecule has 8 heteroatoms. The molecule has 0 saturated heterocycles. The highest BCUT2D eigenvalue weighted by Gasteiger charge is 2.43. The van der Waals surface area contributed by atoms with Gasteiger partial charge in [-0.05, 0) is 103 Å². The Balaban J connectivity index is 0.000000791. The summed E-state index contributed by atoms with van der Waals surface area (Å²) >= 11 is 5.40. The lowest BCUT2D eigenvalue weighted by Crippen LogP contribution is -2.48. The lowest BCUT2D eigenvalue weighted by atomic mass is 9.64. The van der Waals surface area contributed by atoms with Gasteiger partial charge in [0.05, 0.1) is 10.8 Å². The van der Waals surface area contributed by atoms with Crippen molar-refractivity contribution < 1.29 is 14.0 Å². The Hall–Kier alpha value is -3.00. The molecular weight excluding hydrogens is 622 g/mol. The predicted octanol–water partition coefficient (Wildman–Crippen LogP) is 9.17. The van der Waals surface area contributed by atoms with Crippen molar-refractivity contribution in [1.82, 2.24) is 15.5 Å². The van der Waals surface area contributed by atoms with Gasteiger partial charge in [0.15, 0.2) is 17.5 Å². The second-order valence-corrected chi connectivity index (χ2v) is 12.9. The molecular formula is C40H64ClN3O4. The van der Waals surface area contributed by atoms with Crippen LogP contribution in [0.5, 0.6) is 0 Å². The third-order valence-corrected chi connectivity index (χ3v) is 8.52. The highest BCUT2D eigenvalue weighted by molar-refractivity contribution is 6.30. The second kappa shape index (κ2) is 26.9. The average molecular weight is 686 g/mol. The summed E-state index contributed by atoms with van der Waals surface area (Å²) in [5.74, 6) is 1.45. The third-order valence-electron chi connectivity index (χ3n) is 8.40. The number of rotatable bonds is 15. The Morgan fingerprint density at radius 2 is 1.81 bits per heavy atom. The summed E-state index contributed by atoms with van der Waals surface area (Å²) in [5.41, 5.74) is 0.0769. The monoisotopic (exact) mass is 685 g/mol. The van der Waals surface area contributed by atoms with E-state index in [0.29, 0.717) is 40.0 Å². The van der Waals surface area contributed by atoms with Crippen LogP contribution in [0.4, 0.5) is 0 Å². The van der Waals surface area contributed by atoms with Crippen molar-refractivity contribution in [3.05, 3.63) is 82.2 Å². The zero-order valence-corrected chi connectivity index (χ0v) is 31.8. The van der Waals surface area contributed by atoms with Gasteiger partial charge in [0, 0.05) is 17.6 Å². The summed E-state index contributed by atoms with van der Waals surface area (Å²) in [4.78, 5) is 37.3. The van der Waals surface area contributed by atoms with Gasteiger partial charge in [0.1, 0.15) is 5.58 Å². The number of carbonyl (C=O) groups is 2. The van der Waals surface area contributed by atoms with Crippen LogP contribution in [-0.4, -0.2) is 57.4 Å². The molecule has 7 nitrogen and oxygen atoms in total. The van der Waals surface area contributed by atoms with E-state index in [4.69, 9.17) is 16.0 Å². The lowest BCUT2D eigenvalue weighted by Gasteiger charge is -2.42. The van der Waals surface area contributed by atoms with Crippen LogP contribution < -0.4 is 16.1 Å². The minimum atomic E-state index is -0.191. The number of para-hydroxylation sites is 1. The summed E-state index contributed by atoms with van der Waals surface area (Å²) in [6.45, 7) is 20.0. The molecule has 2 N–H and O–H groups in total. The number of benzene rings is 1. The Bertz CT molecular complexity index is 1300. The molecule has 1 unspecified atom stereocenters. The lowest BCUT2D eigenvalue weighted by molar-refractivity contribution is -0.136. The Morgan fingerprint density at radius 1 is 1.15 bits per heavy atom. The molecule has 1 saturated carbocycles. The number of aldehydes is 1. The van der Waals surface area contributed by atoms with Crippen molar-refractivity contribution in [1.29, 1.82) is 0 Å². The van der Waals surface area contributed by atoms with Crippen LogP contribution in [-0.2, 0) is 4.79 Å². The van der Waals surface area contributed by atoms with Crippen LogP contribution in [0.1, 0.15) is 103 Å². The first kappa shape index (κ1) is 45.0. The summed E-state index contributed by atoms with van der Waals surface area (Å²) in [6.07, 6.45) is 17.4. The van der Waals surface area contributed by atoms with E-state index < -0.39 is 0 Å². The Morgan fingerprint density at radius 3 is 2.38 bits per heavy atom. The third kappa shape index (κ3) is 17.4. The van der Waals surface area contributed by atoms with Crippen LogP contribution in [0.3, 0.4) is 0 Å². The van der Waals surface area contributed by atoms with Gasteiger partial charge in [-0.3, -0.25) is 14.4 Å². The fourth-order valence-electron chi connectivity index (χ4n) is 5.74. The number of hydrogen-bond donors (Lipinski definition) is 2. The standard InChI is InChI=1S/C21H43N3O.C10H6O3.C7H9Cl.C2H6/c1-6-21(19-11-8-7-9-12-19,20(25)23-17-18(2)3)13-16-24(5)15-10-14-22-4;11-6-7-5-9(12)8-3-1-2-4-10(8)13-7;1-3-4-5-6-7(2)8;1-2/h18-19,22H,6-17H2,1-5H3,(H,23,25);1-6H;3-6H,2H2,1H3;1-2H3/b;;4-3-,6-5-;. The van der Waals surface area contributed by atoms with Gasteiger partial charge >= 0.3 is 0 Å². The van der Waals surface area contributed by atoms with E-state index in [-0.39, 0.29) is 16.6 Å². The van der Waals surface area contributed by atoms with Crippen molar-refractivity contribution >= 4 is 34.8 Å². The van der Waals surface area contributed by atoms with Gasteiger partial charge in [0.25, 0.3) is 0 Å². The molecule has 270 valence electrons. The van der Waals surface area contributed by atoms with Gasteiger partial charge in [0.2, 0.25) is 5.91 Å².